The number of hydrogen-bond acceptors (Lipinski definition) is 3. The molecule has 0 saturated heterocycles. The first kappa shape index (κ1) is 13.9. The van der Waals surface area contributed by atoms with Crippen LogP contribution < -0.4 is 0 Å². The van der Waals surface area contributed by atoms with E-state index in [1.807, 2.05) is 13.8 Å². The van der Waals surface area contributed by atoms with Crippen molar-refractivity contribution in [2.75, 3.05) is 0 Å². The zero-order chi connectivity index (χ0) is 14.7. The van der Waals surface area contributed by atoms with Gasteiger partial charge in [0.15, 0.2) is 0 Å². The lowest BCUT2D eigenvalue weighted by Crippen LogP contribution is -2.24. The van der Waals surface area contributed by atoms with Crippen LogP contribution in [0.2, 0.25) is 0 Å². The van der Waals surface area contributed by atoms with Crippen LogP contribution in [0.3, 0.4) is 0 Å². The third kappa shape index (κ3) is 2.88. The van der Waals surface area contributed by atoms with E-state index in [0.29, 0.717) is 0 Å². The van der Waals surface area contributed by atoms with Crippen molar-refractivity contribution >= 4 is 17.3 Å². The van der Waals surface area contributed by atoms with E-state index in [-0.39, 0.29) is 11.1 Å². The van der Waals surface area contributed by atoms with Crippen molar-refractivity contribution in [1.82, 2.24) is 0 Å². The number of ketones is 3. The summed E-state index contributed by atoms with van der Waals surface area (Å²) in [5.41, 5.74) is 2.44. The standard InChI is InChI=1S/C17H14O3/c1-11-3-7-13(8-4-11)15(18)17(20)16(19)14-9-5-12(2)6-10-14/h3-10H,1-2H3. The van der Waals surface area contributed by atoms with Gasteiger partial charge in [-0.25, -0.2) is 0 Å². The number of benzene rings is 2. The van der Waals surface area contributed by atoms with Crippen LogP contribution in [0, 0.1) is 13.8 Å². The molecule has 0 unspecified atom stereocenters. The van der Waals surface area contributed by atoms with Gasteiger partial charge in [0, 0.05) is 11.1 Å². The van der Waals surface area contributed by atoms with Gasteiger partial charge in [-0.1, -0.05) is 59.7 Å². The van der Waals surface area contributed by atoms with Gasteiger partial charge in [0.2, 0.25) is 11.6 Å². The zero-order valence-corrected chi connectivity index (χ0v) is 11.3. The molecule has 0 heterocycles. The van der Waals surface area contributed by atoms with Gasteiger partial charge in [-0.05, 0) is 13.8 Å². The first-order chi connectivity index (χ1) is 9.49. The highest BCUT2D eigenvalue weighted by molar-refractivity contribution is 6.69. The summed E-state index contributed by atoms with van der Waals surface area (Å²) in [5.74, 6) is -2.54. The molecule has 2 aromatic rings. The molecule has 0 N–H and O–H groups in total. The highest BCUT2D eigenvalue weighted by Gasteiger charge is 2.25. The highest BCUT2D eigenvalue weighted by atomic mass is 16.2. The first-order valence-electron chi connectivity index (χ1n) is 6.26. The molecule has 0 bridgehead atoms. The lowest BCUT2D eigenvalue weighted by Gasteiger charge is -2.01. The van der Waals surface area contributed by atoms with Crippen LogP contribution in [0.1, 0.15) is 31.8 Å². The summed E-state index contributed by atoms with van der Waals surface area (Å²) in [5, 5.41) is 0. The van der Waals surface area contributed by atoms with E-state index < -0.39 is 17.3 Å². The largest absolute Gasteiger partial charge is 0.285 e. The van der Waals surface area contributed by atoms with Crippen molar-refractivity contribution in [2.45, 2.75) is 13.8 Å². The van der Waals surface area contributed by atoms with E-state index in [1.54, 1.807) is 48.5 Å². The molecule has 0 amide bonds. The summed E-state index contributed by atoms with van der Waals surface area (Å²) in [6, 6.07) is 13.1. The van der Waals surface area contributed by atoms with Gasteiger partial charge in [-0.2, -0.15) is 0 Å². The number of carbonyl (C=O) groups is 3. The van der Waals surface area contributed by atoms with Gasteiger partial charge in [0.05, 0.1) is 0 Å². The van der Waals surface area contributed by atoms with E-state index in [9.17, 15) is 14.4 Å². The fourth-order valence-electron chi connectivity index (χ4n) is 1.78. The molecule has 2 rings (SSSR count). The van der Waals surface area contributed by atoms with E-state index in [2.05, 4.69) is 0 Å². The molecule has 20 heavy (non-hydrogen) atoms. The van der Waals surface area contributed by atoms with Crippen LogP contribution in [0.4, 0.5) is 0 Å². The molecule has 0 aliphatic heterocycles. The smallest absolute Gasteiger partial charge is 0.273 e. The van der Waals surface area contributed by atoms with E-state index in [1.165, 1.54) is 0 Å². The predicted octanol–water partition coefficient (Wildman–Crippen LogP) is 2.94. The molecule has 3 nitrogen and oxygen atoms in total. The van der Waals surface area contributed by atoms with E-state index in [4.69, 9.17) is 0 Å². The third-order valence-electron chi connectivity index (χ3n) is 3.04. The summed E-state index contributed by atoms with van der Waals surface area (Å²) in [6.45, 7) is 3.76. The Bertz CT molecular complexity index is 605. The van der Waals surface area contributed by atoms with Crippen LogP contribution in [-0.4, -0.2) is 17.3 Å². The topological polar surface area (TPSA) is 51.2 Å². The summed E-state index contributed by atoms with van der Waals surface area (Å²) >= 11 is 0. The van der Waals surface area contributed by atoms with Crippen molar-refractivity contribution in [1.29, 1.82) is 0 Å². The van der Waals surface area contributed by atoms with Crippen LogP contribution in [-0.2, 0) is 4.79 Å². The Morgan fingerprint density at radius 3 is 1.20 bits per heavy atom. The molecule has 0 spiro atoms. The Balaban J connectivity index is 2.22. The summed E-state index contributed by atoms with van der Waals surface area (Å²) in [7, 11) is 0. The molecule has 0 aliphatic rings. The summed E-state index contributed by atoms with van der Waals surface area (Å²) in [4.78, 5) is 35.8. The summed E-state index contributed by atoms with van der Waals surface area (Å²) < 4.78 is 0. The van der Waals surface area contributed by atoms with Gasteiger partial charge in [0.1, 0.15) is 0 Å². The monoisotopic (exact) mass is 266 g/mol. The highest BCUT2D eigenvalue weighted by Crippen LogP contribution is 2.09. The van der Waals surface area contributed by atoms with Gasteiger partial charge < -0.3 is 0 Å². The van der Waals surface area contributed by atoms with Crippen molar-refractivity contribution in [2.24, 2.45) is 0 Å². The van der Waals surface area contributed by atoms with Crippen LogP contribution in [0.5, 0.6) is 0 Å². The number of Topliss-reactive ketones (excluding diaryl/α,β-unsaturated/α-hetero) is 3. The second-order valence-corrected chi connectivity index (χ2v) is 4.72. The average Bonchev–Trinajstić information content (AvgIpc) is 2.46. The molecular formula is C17H14O3. The Morgan fingerprint density at radius 2 is 0.900 bits per heavy atom. The zero-order valence-electron chi connectivity index (χ0n) is 11.3. The van der Waals surface area contributed by atoms with Crippen molar-refractivity contribution < 1.29 is 14.4 Å². The molecule has 0 atom stereocenters. The Labute approximate surface area is 117 Å². The normalized spacial score (nSPS) is 10.1. The quantitative estimate of drug-likeness (QED) is 0.485. The molecule has 3 heteroatoms. The van der Waals surface area contributed by atoms with E-state index in [0.717, 1.165) is 11.1 Å². The second kappa shape index (κ2) is 5.61. The number of hydrogen-bond donors (Lipinski definition) is 0. The van der Waals surface area contributed by atoms with Gasteiger partial charge >= 0.3 is 0 Å². The molecule has 100 valence electrons. The maximum Gasteiger partial charge on any atom is 0.273 e. The number of carbonyl (C=O) groups excluding carboxylic acids is 3. The fraction of sp³-hybridized carbons (Fsp3) is 0.118. The maximum absolute atomic E-state index is 12.0. The molecule has 0 fully saturated rings. The Morgan fingerprint density at radius 1 is 0.600 bits per heavy atom. The van der Waals surface area contributed by atoms with E-state index >= 15 is 0 Å². The number of rotatable bonds is 4. The SMILES string of the molecule is Cc1ccc(C(=O)C(=O)C(=O)c2ccc(C)cc2)cc1. The van der Waals surface area contributed by atoms with Crippen molar-refractivity contribution in [3.8, 4) is 0 Å². The molecule has 0 saturated carbocycles. The Hall–Kier alpha value is -2.55. The molecular weight excluding hydrogens is 252 g/mol. The van der Waals surface area contributed by atoms with Gasteiger partial charge in [-0.15, -0.1) is 0 Å². The van der Waals surface area contributed by atoms with Gasteiger partial charge in [0.25, 0.3) is 5.78 Å². The molecule has 0 aromatic heterocycles. The van der Waals surface area contributed by atoms with Crippen molar-refractivity contribution in [3.63, 3.8) is 0 Å². The van der Waals surface area contributed by atoms with Crippen LogP contribution in [0.25, 0.3) is 0 Å². The minimum Gasteiger partial charge on any atom is -0.285 e. The summed E-state index contributed by atoms with van der Waals surface area (Å²) in [6.07, 6.45) is 0. The molecule has 0 radical (unpaired) electrons. The third-order valence-corrected chi connectivity index (χ3v) is 3.04. The van der Waals surface area contributed by atoms with Crippen LogP contribution >= 0.6 is 0 Å². The maximum atomic E-state index is 12.0. The minimum atomic E-state index is -1.00. The average molecular weight is 266 g/mol. The predicted molar refractivity (Wildman–Crippen MR) is 76.0 cm³/mol. The van der Waals surface area contributed by atoms with Gasteiger partial charge in [-0.3, -0.25) is 14.4 Å². The number of aryl methyl sites for hydroxylation is 2. The molecule has 0 aliphatic carbocycles. The lowest BCUT2D eigenvalue weighted by atomic mass is 9.99. The Kier molecular flexibility index (Phi) is 3.89. The lowest BCUT2D eigenvalue weighted by molar-refractivity contribution is -0.111. The molecule has 2 aromatic carbocycles. The minimum absolute atomic E-state index is 0.237. The van der Waals surface area contributed by atoms with Crippen LogP contribution in [0.15, 0.2) is 48.5 Å². The first-order valence-corrected chi connectivity index (χ1v) is 6.26. The van der Waals surface area contributed by atoms with Crippen molar-refractivity contribution in [3.05, 3.63) is 70.8 Å². The second-order valence-electron chi connectivity index (χ2n) is 4.72. The fourth-order valence-corrected chi connectivity index (χ4v) is 1.78.